The summed E-state index contributed by atoms with van der Waals surface area (Å²) in [5, 5.41) is 1.63. The van der Waals surface area contributed by atoms with E-state index in [-0.39, 0.29) is 5.82 Å². The van der Waals surface area contributed by atoms with Crippen molar-refractivity contribution in [3.05, 3.63) is 82.7 Å². The van der Waals surface area contributed by atoms with E-state index in [9.17, 15) is 4.39 Å². The molecule has 0 bridgehead atoms. The van der Waals surface area contributed by atoms with E-state index in [1.54, 1.807) is 0 Å². The van der Waals surface area contributed by atoms with Crippen LogP contribution in [0.15, 0.2) is 54.6 Å². The summed E-state index contributed by atoms with van der Waals surface area (Å²) in [6.45, 7) is 4.47. The van der Waals surface area contributed by atoms with E-state index in [2.05, 4.69) is 50.0 Å². The van der Waals surface area contributed by atoms with Gasteiger partial charge in [0.1, 0.15) is 5.82 Å². The number of hydrogen-bond donors (Lipinski definition) is 0. The highest BCUT2D eigenvalue weighted by molar-refractivity contribution is 5.85. The summed E-state index contributed by atoms with van der Waals surface area (Å²) in [5.41, 5.74) is 4.22. The second-order valence-corrected chi connectivity index (χ2v) is 11.7. The average molecular weight is 511 g/mol. The normalized spacial score (nSPS) is 17.3. The molecule has 0 heterocycles. The van der Waals surface area contributed by atoms with Crippen molar-refractivity contribution < 1.29 is 4.39 Å². The molecule has 1 aliphatic rings. The Morgan fingerprint density at radius 1 is 0.658 bits per heavy atom. The number of unbranched alkanes of at least 4 members (excludes halogenated alkanes) is 5. The van der Waals surface area contributed by atoms with Gasteiger partial charge in [0.15, 0.2) is 0 Å². The zero-order valence-corrected chi connectivity index (χ0v) is 23.8. The minimum atomic E-state index is -0.0656. The molecule has 1 aliphatic carbocycles. The molecule has 0 aromatic heterocycles. The lowest BCUT2D eigenvalue weighted by molar-refractivity contribution is 0.249. The molecule has 1 fully saturated rings. The van der Waals surface area contributed by atoms with Gasteiger partial charge in [-0.25, -0.2) is 4.39 Å². The first-order valence-electron chi connectivity index (χ1n) is 15.5. The van der Waals surface area contributed by atoms with Crippen LogP contribution >= 0.6 is 0 Å². The van der Waals surface area contributed by atoms with Crippen LogP contribution in [0.2, 0.25) is 0 Å². The lowest BCUT2D eigenvalue weighted by atomic mass is 9.77. The zero-order chi connectivity index (χ0) is 26.6. The van der Waals surface area contributed by atoms with Gasteiger partial charge in [0.05, 0.1) is 0 Å². The van der Waals surface area contributed by atoms with Crippen molar-refractivity contribution in [3.8, 4) is 11.8 Å². The van der Waals surface area contributed by atoms with Gasteiger partial charge in [0.2, 0.25) is 0 Å². The van der Waals surface area contributed by atoms with Gasteiger partial charge in [-0.1, -0.05) is 127 Å². The van der Waals surface area contributed by atoms with Crippen LogP contribution < -0.4 is 0 Å². The van der Waals surface area contributed by atoms with Crippen LogP contribution in [0.1, 0.15) is 120 Å². The molecule has 0 amide bonds. The molecule has 0 aliphatic heterocycles. The van der Waals surface area contributed by atoms with Crippen LogP contribution in [-0.4, -0.2) is 0 Å². The van der Waals surface area contributed by atoms with E-state index >= 15 is 0 Å². The van der Waals surface area contributed by atoms with Crippen molar-refractivity contribution >= 4 is 10.8 Å². The molecular formula is C37H47F. The molecule has 4 rings (SSSR count). The Bertz CT molecular complexity index is 1190. The van der Waals surface area contributed by atoms with Gasteiger partial charge in [-0.2, -0.15) is 0 Å². The van der Waals surface area contributed by atoms with Crippen LogP contribution in [0, 0.1) is 29.5 Å². The number of benzene rings is 3. The fourth-order valence-electron chi connectivity index (χ4n) is 6.11. The molecule has 0 saturated heterocycles. The van der Waals surface area contributed by atoms with Gasteiger partial charge >= 0.3 is 0 Å². The van der Waals surface area contributed by atoms with Crippen molar-refractivity contribution in [2.24, 2.45) is 11.8 Å². The monoisotopic (exact) mass is 510 g/mol. The van der Waals surface area contributed by atoms with E-state index < -0.39 is 0 Å². The molecule has 0 N–H and O–H groups in total. The Kier molecular flexibility index (Phi) is 11.3. The van der Waals surface area contributed by atoms with Crippen molar-refractivity contribution in [1.29, 1.82) is 0 Å². The summed E-state index contributed by atoms with van der Waals surface area (Å²) in [7, 11) is 0. The summed E-state index contributed by atoms with van der Waals surface area (Å²) < 4.78 is 14.9. The van der Waals surface area contributed by atoms with Crippen LogP contribution in [-0.2, 0) is 12.8 Å². The molecule has 0 atom stereocenters. The van der Waals surface area contributed by atoms with E-state index in [1.807, 2.05) is 30.3 Å². The Morgan fingerprint density at radius 2 is 1.32 bits per heavy atom. The van der Waals surface area contributed by atoms with Crippen LogP contribution in [0.4, 0.5) is 4.39 Å². The molecule has 38 heavy (non-hydrogen) atoms. The lowest BCUT2D eigenvalue weighted by Gasteiger charge is -2.28. The second-order valence-electron chi connectivity index (χ2n) is 11.7. The Hall–Kier alpha value is -2.59. The maximum atomic E-state index is 14.9. The van der Waals surface area contributed by atoms with Gasteiger partial charge in [0.25, 0.3) is 0 Å². The lowest BCUT2D eigenvalue weighted by Crippen LogP contribution is -2.15. The van der Waals surface area contributed by atoms with Gasteiger partial charge in [-0.15, -0.1) is 0 Å². The second kappa shape index (κ2) is 15.1. The molecule has 0 radical (unpaired) electrons. The fraction of sp³-hybridized carbons (Fsp3) is 0.514. The molecule has 1 heteroatoms. The molecular weight excluding hydrogens is 463 g/mol. The smallest absolute Gasteiger partial charge is 0.134 e. The van der Waals surface area contributed by atoms with Crippen molar-refractivity contribution in [1.82, 2.24) is 0 Å². The molecule has 3 aromatic rings. The maximum Gasteiger partial charge on any atom is 0.134 e. The first kappa shape index (κ1) is 28.4. The Labute approximate surface area is 231 Å². The van der Waals surface area contributed by atoms with Crippen LogP contribution in [0.5, 0.6) is 0 Å². The SMILES string of the molecule is CCCCCCC1CCC(CCc2ccc(C#Cc3ccc4c(F)c(CCCCC)ccc4c3)cc2)CC1. The highest BCUT2D eigenvalue weighted by atomic mass is 19.1. The first-order valence-corrected chi connectivity index (χ1v) is 15.5. The van der Waals surface area contributed by atoms with Crippen molar-refractivity contribution in [2.75, 3.05) is 0 Å². The van der Waals surface area contributed by atoms with Gasteiger partial charge < -0.3 is 0 Å². The van der Waals surface area contributed by atoms with Gasteiger partial charge in [0, 0.05) is 16.5 Å². The molecule has 202 valence electrons. The predicted octanol–water partition coefficient (Wildman–Crippen LogP) is 10.8. The van der Waals surface area contributed by atoms with Gasteiger partial charge in [-0.05, 0) is 78.3 Å². The molecule has 1 saturated carbocycles. The summed E-state index contributed by atoms with van der Waals surface area (Å²) in [6.07, 6.45) is 19.5. The van der Waals surface area contributed by atoms with E-state index in [4.69, 9.17) is 0 Å². The zero-order valence-electron chi connectivity index (χ0n) is 23.8. The Morgan fingerprint density at radius 3 is 2.05 bits per heavy atom. The molecule has 0 nitrogen and oxygen atoms in total. The quantitative estimate of drug-likeness (QED) is 0.168. The number of halogens is 1. The van der Waals surface area contributed by atoms with Crippen LogP contribution in [0.25, 0.3) is 10.8 Å². The number of aryl methyl sites for hydroxylation is 2. The average Bonchev–Trinajstić information content (AvgIpc) is 2.95. The van der Waals surface area contributed by atoms with Crippen molar-refractivity contribution in [2.45, 2.75) is 110 Å². The third-order valence-corrected chi connectivity index (χ3v) is 8.66. The highest BCUT2D eigenvalue weighted by Gasteiger charge is 2.20. The minimum Gasteiger partial charge on any atom is -0.206 e. The number of hydrogen-bond acceptors (Lipinski definition) is 0. The minimum absolute atomic E-state index is 0.0656. The fourth-order valence-corrected chi connectivity index (χ4v) is 6.11. The summed E-state index contributed by atoms with van der Waals surface area (Å²) in [5.74, 6) is 8.43. The molecule has 0 unspecified atom stereocenters. The standard InChI is InChI=1S/C37H47F/c1-3-5-7-9-10-29-12-14-30(15-13-29)16-17-31-18-20-32(21-19-31)22-23-33-24-27-36-35(28-33)26-25-34(37(36)38)11-8-6-4-2/h18-21,24-30H,3-17H2,1-2H3. The van der Waals surface area contributed by atoms with Crippen molar-refractivity contribution in [3.63, 3.8) is 0 Å². The molecule has 3 aromatic carbocycles. The van der Waals surface area contributed by atoms with E-state index in [1.165, 1.54) is 76.2 Å². The van der Waals surface area contributed by atoms with Gasteiger partial charge in [-0.3, -0.25) is 0 Å². The third kappa shape index (κ3) is 8.46. The third-order valence-electron chi connectivity index (χ3n) is 8.66. The predicted molar refractivity (Wildman–Crippen MR) is 162 cm³/mol. The van der Waals surface area contributed by atoms with Crippen LogP contribution in [0.3, 0.4) is 0 Å². The summed E-state index contributed by atoms with van der Waals surface area (Å²) in [4.78, 5) is 0. The molecule has 0 spiro atoms. The number of fused-ring (bicyclic) bond motifs is 1. The number of rotatable bonds is 12. The summed E-state index contributed by atoms with van der Waals surface area (Å²) in [6, 6.07) is 18.6. The highest BCUT2D eigenvalue weighted by Crippen LogP contribution is 2.34. The van der Waals surface area contributed by atoms with E-state index in [0.29, 0.717) is 5.39 Å². The Balaban J connectivity index is 1.26. The topological polar surface area (TPSA) is 0 Å². The first-order chi connectivity index (χ1) is 18.7. The largest absolute Gasteiger partial charge is 0.206 e. The maximum absolute atomic E-state index is 14.9. The van der Waals surface area contributed by atoms with E-state index in [0.717, 1.165) is 59.6 Å². The summed E-state index contributed by atoms with van der Waals surface area (Å²) >= 11 is 0.